The van der Waals surface area contributed by atoms with E-state index in [2.05, 4.69) is 4.98 Å². The first kappa shape index (κ1) is 13.4. The molecule has 5 nitrogen and oxygen atoms in total. The molecule has 1 saturated heterocycles. The Morgan fingerprint density at radius 2 is 2.39 bits per heavy atom. The van der Waals surface area contributed by atoms with Crippen molar-refractivity contribution in [2.45, 2.75) is 24.0 Å². The SMILES string of the molecule is CN(CC1CCCO1)S(=O)(=O)c1ncccc1F. The van der Waals surface area contributed by atoms with Crippen LogP contribution in [0.15, 0.2) is 23.4 Å². The molecule has 0 amide bonds. The molecular weight excluding hydrogens is 259 g/mol. The van der Waals surface area contributed by atoms with Crippen molar-refractivity contribution < 1.29 is 17.5 Å². The average molecular weight is 274 g/mol. The van der Waals surface area contributed by atoms with Gasteiger partial charge in [0.1, 0.15) is 0 Å². The normalized spacial score (nSPS) is 20.5. The van der Waals surface area contributed by atoms with Gasteiger partial charge in [0.15, 0.2) is 5.82 Å². The van der Waals surface area contributed by atoms with Gasteiger partial charge in [-0.05, 0) is 25.0 Å². The molecular formula is C11H15FN2O3S. The summed E-state index contributed by atoms with van der Waals surface area (Å²) >= 11 is 0. The van der Waals surface area contributed by atoms with Crippen LogP contribution in [0.5, 0.6) is 0 Å². The summed E-state index contributed by atoms with van der Waals surface area (Å²) in [6.45, 7) is 0.870. The van der Waals surface area contributed by atoms with Crippen molar-refractivity contribution in [1.82, 2.24) is 9.29 Å². The van der Waals surface area contributed by atoms with Crippen molar-refractivity contribution in [2.75, 3.05) is 20.2 Å². The van der Waals surface area contributed by atoms with Gasteiger partial charge in [0.25, 0.3) is 10.0 Å². The summed E-state index contributed by atoms with van der Waals surface area (Å²) in [6.07, 6.45) is 2.90. The van der Waals surface area contributed by atoms with E-state index in [1.165, 1.54) is 19.3 Å². The summed E-state index contributed by atoms with van der Waals surface area (Å²) in [4.78, 5) is 3.60. The molecule has 0 saturated carbocycles. The van der Waals surface area contributed by atoms with E-state index in [1.807, 2.05) is 0 Å². The largest absolute Gasteiger partial charge is 0.377 e. The molecule has 1 fully saturated rings. The van der Waals surface area contributed by atoms with E-state index in [9.17, 15) is 12.8 Å². The topological polar surface area (TPSA) is 59.5 Å². The number of aromatic nitrogens is 1. The van der Waals surface area contributed by atoms with Crippen LogP contribution < -0.4 is 0 Å². The number of rotatable bonds is 4. The van der Waals surface area contributed by atoms with Gasteiger partial charge in [-0.15, -0.1) is 0 Å². The van der Waals surface area contributed by atoms with Gasteiger partial charge in [0, 0.05) is 26.4 Å². The lowest BCUT2D eigenvalue weighted by Gasteiger charge is -2.20. The van der Waals surface area contributed by atoms with Crippen LogP contribution in [0, 0.1) is 5.82 Å². The third kappa shape index (κ3) is 2.68. The highest BCUT2D eigenvalue weighted by Crippen LogP contribution is 2.18. The second kappa shape index (κ2) is 5.29. The predicted octanol–water partition coefficient (Wildman–Crippen LogP) is 1.02. The summed E-state index contributed by atoms with van der Waals surface area (Å²) in [5, 5.41) is -0.537. The highest BCUT2D eigenvalue weighted by molar-refractivity contribution is 7.89. The molecule has 1 unspecified atom stereocenters. The van der Waals surface area contributed by atoms with Crippen LogP contribution in [-0.4, -0.2) is 44.0 Å². The highest BCUT2D eigenvalue weighted by atomic mass is 32.2. The van der Waals surface area contributed by atoms with Gasteiger partial charge in [-0.3, -0.25) is 0 Å². The van der Waals surface area contributed by atoms with Gasteiger partial charge in [-0.25, -0.2) is 17.8 Å². The van der Waals surface area contributed by atoms with Gasteiger partial charge in [-0.1, -0.05) is 0 Å². The molecule has 1 aliphatic rings. The van der Waals surface area contributed by atoms with Crippen molar-refractivity contribution >= 4 is 10.0 Å². The number of pyridine rings is 1. The molecule has 0 bridgehead atoms. The maximum absolute atomic E-state index is 13.5. The minimum Gasteiger partial charge on any atom is -0.377 e. The Balaban J connectivity index is 2.17. The van der Waals surface area contributed by atoms with Crippen LogP contribution in [0.4, 0.5) is 4.39 Å². The fourth-order valence-electron chi connectivity index (χ4n) is 1.88. The van der Waals surface area contributed by atoms with E-state index in [-0.39, 0.29) is 12.6 Å². The minimum absolute atomic E-state index is 0.114. The van der Waals surface area contributed by atoms with E-state index >= 15 is 0 Å². The molecule has 0 N–H and O–H groups in total. The van der Waals surface area contributed by atoms with Gasteiger partial charge in [0.05, 0.1) is 6.10 Å². The van der Waals surface area contributed by atoms with E-state index in [0.717, 1.165) is 23.2 Å². The van der Waals surface area contributed by atoms with Crippen molar-refractivity contribution in [3.8, 4) is 0 Å². The Morgan fingerprint density at radius 1 is 1.61 bits per heavy atom. The first-order chi connectivity index (χ1) is 8.51. The number of hydrogen-bond acceptors (Lipinski definition) is 4. The van der Waals surface area contributed by atoms with Gasteiger partial charge in [0.2, 0.25) is 5.03 Å². The van der Waals surface area contributed by atoms with Gasteiger partial charge >= 0.3 is 0 Å². The molecule has 0 radical (unpaired) electrons. The van der Waals surface area contributed by atoms with E-state index in [1.54, 1.807) is 0 Å². The van der Waals surface area contributed by atoms with E-state index < -0.39 is 20.9 Å². The molecule has 1 atom stereocenters. The molecule has 100 valence electrons. The zero-order valence-corrected chi connectivity index (χ0v) is 10.9. The molecule has 2 rings (SSSR count). The van der Waals surface area contributed by atoms with Crippen molar-refractivity contribution in [1.29, 1.82) is 0 Å². The number of sulfonamides is 1. The second-order valence-electron chi connectivity index (χ2n) is 4.21. The van der Waals surface area contributed by atoms with Crippen molar-refractivity contribution in [3.63, 3.8) is 0 Å². The lowest BCUT2D eigenvalue weighted by Crippen LogP contribution is -2.35. The predicted molar refractivity (Wildman–Crippen MR) is 63.0 cm³/mol. The molecule has 2 heterocycles. The first-order valence-electron chi connectivity index (χ1n) is 5.70. The molecule has 1 aliphatic heterocycles. The third-order valence-corrected chi connectivity index (χ3v) is 4.62. The van der Waals surface area contributed by atoms with Crippen molar-refractivity contribution in [2.24, 2.45) is 0 Å². The highest BCUT2D eigenvalue weighted by Gasteiger charge is 2.29. The van der Waals surface area contributed by atoms with Crippen LogP contribution in [-0.2, 0) is 14.8 Å². The summed E-state index contributed by atoms with van der Waals surface area (Å²) in [5.74, 6) is -0.836. The summed E-state index contributed by atoms with van der Waals surface area (Å²) in [5.41, 5.74) is 0. The van der Waals surface area contributed by atoms with Crippen LogP contribution >= 0.6 is 0 Å². The number of halogens is 1. The maximum atomic E-state index is 13.5. The Labute approximate surface area is 106 Å². The Kier molecular flexibility index (Phi) is 3.94. The zero-order valence-electron chi connectivity index (χ0n) is 10.0. The van der Waals surface area contributed by atoms with Crippen LogP contribution in [0.2, 0.25) is 0 Å². The summed E-state index contributed by atoms with van der Waals surface area (Å²) < 4.78 is 44.1. The number of ether oxygens (including phenoxy) is 1. The number of nitrogens with zero attached hydrogens (tertiary/aromatic N) is 2. The van der Waals surface area contributed by atoms with Crippen LogP contribution in [0.25, 0.3) is 0 Å². The molecule has 7 heteroatoms. The standard InChI is InChI=1S/C11H15FN2O3S/c1-14(8-9-4-3-7-17-9)18(15,16)11-10(12)5-2-6-13-11/h2,5-6,9H,3-4,7-8H2,1H3. The zero-order chi connectivity index (χ0) is 13.2. The Bertz CT molecular complexity index is 515. The molecule has 18 heavy (non-hydrogen) atoms. The molecule has 0 aromatic carbocycles. The maximum Gasteiger partial charge on any atom is 0.263 e. The van der Waals surface area contributed by atoms with Crippen LogP contribution in [0.3, 0.4) is 0 Å². The fraction of sp³-hybridized carbons (Fsp3) is 0.545. The molecule has 1 aromatic heterocycles. The lowest BCUT2D eigenvalue weighted by atomic mass is 10.2. The smallest absolute Gasteiger partial charge is 0.263 e. The second-order valence-corrected chi connectivity index (χ2v) is 6.17. The average Bonchev–Trinajstić information content (AvgIpc) is 2.82. The van der Waals surface area contributed by atoms with E-state index in [0.29, 0.717) is 6.61 Å². The first-order valence-corrected chi connectivity index (χ1v) is 7.14. The monoisotopic (exact) mass is 274 g/mol. The van der Waals surface area contributed by atoms with Crippen molar-refractivity contribution in [3.05, 3.63) is 24.1 Å². The molecule has 0 spiro atoms. The minimum atomic E-state index is -3.89. The van der Waals surface area contributed by atoms with Crippen LogP contribution in [0.1, 0.15) is 12.8 Å². The number of likely N-dealkylation sites (N-methyl/N-ethyl adjacent to an activating group) is 1. The molecule has 1 aromatic rings. The third-order valence-electron chi connectivity index (χ3n) is 2.86. The quantitative estimate of drug-likeness (QED) is 0.822. The van der Waals surface area contributed by atoms with Gasteiger partial charge < -0.3 is 4.74 Å². The summed E-state index contributed by atoms with van der Waals surface area (Å²) in [7, 11) is -2.48. The molecule has 0 aliphatic carbocycles. The fourth-order valence-corrected chi connectivity index (χ4v) is 3.05. The Hall–Kier alpha value is -1.05. The number of hydrogen-bond donors (Lipinski definition) is 0. The Morgan fingerprint density at radius 3 is 3.00 bits per heavy atom. The van der Waals surface area contributed by atoms with Gasteiger partial charge in [-0.2, -0.15) is 4.31 Å². The lowest BCUT2D eigenvalue weighted by molar-refractivity contribution is 0.0978. The summed E-state index contributed by atoms with van der Waals surface area (Å²) in [6, 6.07) is 2.44. The van der Waals surface area contributed by atoms with E-state index in [4.69, 9.17) is 4.74 Å².